The molecule has 3 aromatic rings. The van der Waals surface area contributed by atoms with Gasteiger partial charge < -0.3 is 15.0 Å². The summed E-state index contributed by atoms with van der Waals surface area (Å²) in [5, 5.41) is 2.58. The van der Waals surface area contributed by atoms with Gasteiger partial charge in [-0.3, -0.25) is 19.1 Å². The van der Waals surface area contributed by atoms with Crippen LogP contribution in [-0.4, -0.2) is 57.5 Å². The second kappa shape index (κ2) is 11.3. The molecule has 0 saturated carbocycles. The number of anilines is 1. The first-order valence-corrected chi connectivity index (χ1v) is 12.7. The van der Waals surface area contributed by atoms with Gasteiger partial charge in [0.2, 0.25) is 5.91 Å². The van der Waals surface area contributed by atoms with E-state index in [4.69, 9.17) is 4.74 Å². The topological polar surface area (TPSA) is 103 Å². The van der Waals surface area contributed by atoms with Crippen molar-refractivity contribution in [2.75, 3.05) is 30.8 Å². The monoisotopic (exact) mass is 508 g/mol. The molecule has 1 aromatic heterocycles. The average molecular weight is 509 g/mol. The van der Waals surface area contributed by atoms with Crippen LogP contribution in [0.3, 0.4) is 0 Å². The summed E-state index contributed by atoms with van der Waals surface area (Å²) in [7, 11) is 1.72. The van der Waals surface area contributed by atoms with Gasteiger partial charge in [-0.15, -0.1) is 11.8 Å². The first-order valence-electron chi connectivity index (χ1n) is 11.7. The summed E-state index contributed by atoms with van der Waals surface area (Å²) in [5.41, 5.74) is 1.25. The van der Waals surface area contributed by atoms with Gasteiger partial charge in [0, 0.05) is 25.0 Å². The lowest BCUT2D eigenvalue weighted by Crippen LogP contribution is -2.29. The number of hydrogen-bond donors (Lipinski definition) is 1. The van der Waals surface area contributed by atoms with Crippen molar-refractivity contribution in [3.63, 3.8) is 0 Å². The Morgan fingerprint density at radius 2 is 1.67 bits per heavy atom. The number of likely N-dealkylation sites (tertiary alicyclic amines) is 1. The SMILES string of the molecule is Cc1c(NC(=O)COC(=O)c2ccccc2SCC(=O)N2CCCC2)c(=O)n(-c2ccccc2)n1C. The van der Waals surface area contributed by atoms with Crippen LogP contribution in [-0.2, 0) is 21.4 Å². The minimum Gasteiger partial charge on any atom is -0.452 e. The Balaban J connectivity index is 1.38. The maximum absolute atomic E-state index is 13.0. The highest BCUT2D eigenvalue weighted by Gasteiger charge is 2.21. The number of carbonyl (C=O) groups excluding carboxylic acids is 3. The molecule has 0 unspecified atom stereocenters. The molecule has 9 nitrogen and oxygen atoms in total. The van der Waals surface area contributed by atoms with Crippen LogP contribution in [0.1, 0.15) is 28.9 Å². The number of benzene rings is 2. The molecule has 188 valence electrons. The van der Waals surface area contributed by atoms with Crippen molar-refractivity contribution in [2.45, 2.75) is 24.7 Å². The highest BCUT2D eigenvalue weighted by molar-refractivity contribution is 8.00. The van der Waals surface area contributed by atoms with Crippen LogP contribution in [0.5, 0.6) is 0 Å². The molecule has 0 aliphatic carbocycles. The van der Waals surface area contributed by atoms with Crippen LogP contribution >= 0.6 is 11.8 Å². The lowest BCUT2D eigenvalue weighted by atomic mass is 10.2. The second-order valence-electron chi connectivity index (χ2n) is 8.43. The van der Waals surface area contributed by atoms with Crippen molar-refractivity contribution >= 4 is 35.2 Å². The third-order valence-corrected chi connectivity index (χ3v) is 7.13. The molecule has 1 N–H and O–H groups in total. The van der Waals surface area contributed by atoms with E-state index in [1.54, 1.807) is 55.1 Å². The minimum absolute atomic E-state index is 0.0411. The zero-order valence-corrected chi connectivity index (χ0v) is 21.0. The van der Waals surface area contributed by atoms with Gasteiger partial charge >= 0.3 is 5.97 Å². The van der Waals surface area contributed by atoms with Gasteiger partial charge in [-0.25, -0.2) is 9.48 Å². The van der Waals surface area contributed by atoms with Crippen molar-refractivity contribution in [1.29, 1.82) is 0 Å². The van der Waals surface area contributed by atoms with Crippen molar-refractivity contribution in [3.05, 3.63) is 76.2 Å². The molecule has 4 rings (SSSR count). The van der Waals surface area contributed by atoms with E-state index in [-0.39, 0.29) is 28.5 Å². The van der Waals surface area contributed by atoms with E-state index in [2.05, 4.69) is 5.32 Å². The van der Waals surface area contributed by atoms with Gasteiger partial charge in [0.25, 0.3) is 11.5 Å². The van der Waals surface area contributed by atoms with Crippen LogP contribution in [0.25, 0.3) is 5.69 Å². The van der Waals surface area contributed by atoms with Gasteiger partial charge in [0.15, 0.2) is 6.61 Å². The van der Waals surface area contributed by atoms with Gasteiger partial charge in [0.1, 0.15) is 5.69 Å². The van der Waals surface area contributed by atoms with Gasteiger partial charge in [-0.1, -0.05) is 30.3 Å². The molecule has 1 saturated heterocycles. The predicted octanol–water partition coefficient (Wildman–Crippen LogP) is 2.99. The minimum atomic E-state index is -0.673. The molecule has 0 atom stereocenters. The molecule has 0 spiro atoms. The molecule has 2 amide bonds. The third kappa shape index (κ3) is 5.54. The largest absolute Gasteiger partial charge is 0.452 e. The molecule has 0 radical (unpaired) electrons. The smallest absolute Gasteiger partial charge is 0.339 e. The number of nitrogens with zero attached hydrogens (tertiary/aromatic N) is 3. The highest BCUT2D eigenvalue weighted by Crippen LogP contribution is 2.24. The van der Waals surface area contributed by atoms with Gasteiger partial charge in [-0.05, 0) is 44.0 Å². The highest BCUT2D eigenvalue weighted by atomic mass is 32.2. The van der Waals surface area contributed by atoms with E-state index >= 15 is 0 Å². The number of rotatable bonds is 8. The number of hydrogen-bond acceptors (Lipinski definition) is 6. The van der Waals surface area contributed by atoms with E-state index in [9.17, 15) is 19.2 Å². The first kappa shape index (κ1) is 25.3. The Bertz CT molecular complexity index is 1330. The lowest BCUT2D eigenvalue weighted by Gasteiger charge is -2.15. The number of nitrogens with one attached hydrogen (secondary N) is 1. The zero-order chi connectivity index (χ0) is 25.7. The molecular weight excluding hydrogens is 480 g/mol. The standard InChI is InChI=1S/C26H28N4O5S/c1-18-24(25(33)30(28(18)2)19-10-4-3-5-11-19)27-22(31)16-35-26(34)20-12-6-7-13-21(20)36-17-23(32)29-14-8-9-15-29/h3-7,10-13H,8-9,14-17H2,1-2H3,(H,27,31). The number of carbonyl (C=O) groups is 3. The predicted molar refractivity (Wildman–Crippen MR) is 138 cm³/mol. The molecular formula is C26H28N4O5S. The molecule has 0 bridgehead atoms. The van der Waals surface area contributed by atoms with E-state index in [1.165, 1.54) is 16.4 Å². The van der Waals surface area contributed by atoms with Crippen LogP contribution in [0.4, 0.5) is 5.69 Å². The zero-order valence-electron chi connectivity index (χ0n) is 20.2. The van der Waals surface area contributed by atoms with E-state index < -0.39 is 18.5 Å². The molecule has 1 aliphatic heterocycles. The number of aromatic nitrogens is 2. The molecule has 36 heavy (non-hydrogen) atoms. The fraction of sp³-hybridized carbons (Fsp3) is 0.308. The van der Waals surface area contributed by atoms with E-state index in [0.717, 1.165) is 25.9 Å². The Morgan fingerprint density at radius 3 is 2.39 bits per heavy atom. The fourth-order valence-corrected chi connectivity index (χ4v) is 5.00. The number of ether oxygens (including phenoxy) is 1. The summed E-state index contributed by atoms with van der Waals surface area (Å²) >= 11 is 1.27. The van der Waals surface area contributed by atoms with Crippen molar-refractivity contribution in [2.24, 2.45) is 7.05 Å². The Labute approximate surface area is 213 Å². The average Bonchev–Trinajstić information content (AvgIpc) is 3.50. The number of thioether (sulfide) groups is 1. The van der Waals surface area contributed by atoms with E-state index in [0.29, 0.717) is 16.3 Å². The Hall–Kier alpha value is -3.79. The fourth-order valence-electron chi connectivity index (χ4n) is 4.06. The lowest BCUT2D eigenvalue weighted by molar-refractivity contribution is -0.127. The van der Waals surface area contributed by atoms with E-state index in [1.807, 2.05) is 23.1 Å². The maximum atomic E-state index is 13.0. The van der Waals surface area contributed by atoms with Crippen molar-refractivity contribution in [1.82, 2.24) is 14.3 Å². The molecule has 1 fully saturated rings. The number of esters is 1. The molecule has 10 heteroatoms. The first-order chi connectivity index (χ1) is 17.4. The summed E-state index contributed by atoms with van der Waals surface area (Å²) in [4.78, 5) is 53.0. The van der Waals surface area contributed by atoms with Crippen molar-refractivity contribution < 1.29 is 19.1 Å². The van der Waals surface area contributed by atoms with Crippen molar-refractivity contribution in [3.8, 4) is 5.69 Å². The summed E-state index contributed by atoms with van der Waals surface area (Å²) in [6.45, 7) is 2.72. The summed E-state index contributed by atoms with van der Waals surface area (Å²) < 4.78 is 8.34. The van der Waals surface area contributed by atoms with Crippen LogP contribution < -0.4 is 10.9 Å². The third-order valence-electron chi connectivity index (χ3n) is 6.07. The van der Waals surface area contributed by atoms with Crippen LogP contribution in [0.2, 0.25) is 0 Å². The normalized spacial score (nSPS) is 13.0. The number of amides is 2. The van der Waals surface area contributed by atoms with Gasteiger partial charge in [0.05, 0.1) is 22.7 Å². The molecule has 1 aliphatic rings. The Kier molecular flexibility index (Phi) is 7.94. The van der Waals surface area contributed by atoms with Crippen LogP contribution in [0.15, 0.2) is 64.3 Å². The van der Waals surface area contributed by atoms with Crippen LogP contribution in [0, 0.1) is 6.92 Å². The summed E-state index contributed by atoms with van der Waals surface area (Å²) in [6, 6.07) is 15.9. The summed E-state index contributed by atoms with van der Waals surface area (Å²) in [6.07, 6.45) is 2.04. The molecule has 2 heterocycles. The van der Waals surface area contributed by atoms with Gasteiger partial charge in [-0.2, -0.15) is 0 Å². The number of para-hydroxylation sites is 1. The summed E-state index contributed by atoms with van der Waals surface area (Å²) in [5.74, 6) is -1.03. The quantitative estimate of drug-likeness (QED) is 0.371. The molecule has 2 aromatic carbocycles. The maximum Gasteiger partial charge on any atom is 0.339 e. The Morgan fingerprint density at radius 1 is 1.00 bits per heavy atom. The second-order valence-corrected chi connectivity index (χ2v) is 9.45.